The van der Waals surface area contributed by atoms with Crippen molar-refractivity contribution in [3.8, 4) is 0 Å². The minimum Gasteiger partial charge on any atom is -0.462 e. The number of unbranched alkanes of at least 4 members (excludes halogenated alkanes) is 33. The lowest BCUT2D eigenvalue weighted by Crippen LogP contribution is -2.30. The van der Waals surface area contributed by atoms with Crippen LogP contribution in [0.15, 0.2) is 85.1 Å². The number of esters is 4. The number of phosphoric acid groups is 2. The number of carbonyl (C=O) groups excluding carboxylic acids is 4. The highest BCUT2D eigenvalue weighted by molar-refractivity contribution is 7.47. The molecule has 5 unspecified atom stereocenters. The number of phosphoric ester groups is 2. The largest absolute Gasteiger partial charge is 0.472 e. The van der Waals surface area contributed by atoms with E-state index in [4.69, 9.17) is 37.0 Å². The smallest absolute Gasteiger partial charge is 0.462 e. The molecule has 0 saturated heterocycles. The van der Waals surface area contributed by atoms with Crippen LogP contribution in [0.2, 0.25) is 0 Å². The van der Waals surface area contributed by atoms with Gasteiger partial charge in [-0.25, -0.2) is 9.13 Å². The normalized spacial score (nSPS) is 14.4. The van der Waals surface area contributed by atoms with Gasteiger partial charge in [-0.05, 0) is 116 Å². The maximum atomic E-state index is 13.1. The van der Waals surface area contributed by atoms with Gasteiger partial charge in [0.15, 0.2) is 12.2 Å². The zero-order valence-electron chi connectivity index (χ0n) is 62.0. The van der Waals surface area contributed by atoms with E-state index in [1.54, 1.807) is 0 Å². The molecule has 0 spiro atoms. The summed E-state index contributed by atoms with van der Waals surface area (Å²) in [5, 5.41) is 10.6. The fourth-order valence-electron chi connectivity index (χ4n) is 10.5. The van der Waals surface area contributed by atoms with Gasteiger partial charge in [-0.2, -0.15) is 0 Å². The molecule has 0 bridgehead atoms. The van der Waals surface area contributed by atoms with Gasteiger partial charge in [-0.3, -0.25) is 37.3 Å². The second-order valence-electron chi connectivity index (χ2n) is 25.9. The number of carbonyl (C=O) groups is 4. The van der Waals surface area contributed by atoms with Gasteiger partial charge in [0.05, 0.1) is 26.4 Å². The van der Waals surface area contributed by atoms with Crippen LogP contribution < -0.4 is 0 Å². The summed E-state index contributed by atoms with van der Waals surface area (Å²) < 4.78 is 68.5. The van der Waals surface area contributed by atoms with E-state index in [1.165, 1.54) is 77.0 Å². The Morgan fingerprint density at radius 3 is 0.827 bits per heavy atom. The highest BCUT2D eigenvalue weighted by Gasteiger charge is 2.30. The van der Waals surface area contributed by atoms with Gasteiger partial charge in [0.1, 0.15) is 19.3 Å². The molecular weight excluding hydrogens is 1280 g/mol. The monoisotopic (exact) mass is 1420 g/mol. The number of hydrogen-bond acceptors (Lipinski definition) is 15. The molecule has 5 atom stereocenters. The summed E-state index contributed by atoms with van der Waals surface area (Å²) in [5.41, 5.74) is 0. The van der Waals surface area contributed by atoms with Gasteiger partial charge in [0.25, 0.3) is 0 Å². The lowest BCUT2D eigenvalue weighted by molar-refractivity contribution is -0.161. The van der Waals surface area contributed by atoms with Crippen molar-refractivity contribution in [3.05, 3.63) is 85.1 Å². The van der Waals surface area contributed by atoms with E-state index in [2.05, 4.69) is 113 Å². The SMILES string of the molecule is CC/C=C\C/C=C\C/C=C\CCCCCCCCCC(=O)OCC(COP(=O)(O)OCC(O)COP(=O)(O)OCC(COC(=O)CCCCCCC/C=C\C/C=C\C/C=C\CC)OC(=O)CCCCCCC/C=C\CCCCCCCC)OC(=O)CCCCCCCCCCCCC. The molecule has 98 heavy (non-hydrogen) atoms. The topological polar surface area (TPSA) is 237 Å². The Bertz CT molecular complexity index is 2190. The molecule has 568 valence electrons. The summed E-state index contributed by atoms with van der Waals surface area (Å²) >= 11 is 0. The lowest BCUT2D eigenvalue weighted by atomic mass is 10.1. The van der Waals surface area contributed by atoms with Crippen molar-refractivity contribution in [2.24, 2.45) is 0 Å². The summed E-state index contributed by atoms with van der Waals surface area (Å²) in [5.74, 6) is -2.19. The average molecular weight is 1420 g/mol. The van der Waals surface area contributed by atoms with Crippen molar-refractivity contribution in [1.29, 1.82) is 0 Å². The molecule has 0 rings (SSSR count). The first-order chi connectivity index (χ1) is 47.7. The van der Waals surface area contributed by atoms with E-state index < -0.39 is 97.5 Å². The van der Waals surface area contributed by atoms with Crippen LogP contribution in [-0.4, -0.2) is 96.7 Å². The van der Waals surface area contributed by atoms with Gasteiger partial charge in [-0.1, -0.05) is 280 Å². The van der Waals surface area contributed by atoms with Crippen molar-refractivity contribution in [1.82, 2.24) is 0 Å². The predicted molar refractivity (Wildman–Crippen MR) is 399 cm³/mol. The molecule has 0 aliphatic heterocycles. The van der Waals surface area contributed by atoms with Crippen molar-refractivity contribution in [2.75, 3.05) is 39.6 Å². The quantitative estimate of drug-likeness (QED) is 0.0169. The van der Waals surface area contributed by atoms with Gasteiger partial charge in [0.2, 0.25) is 0 Å². The van der Waals surface area contributed by atoms with Gasteiger partial charge < -0.3 is 33.8 Å². The van der Waals surface area contributed by atoms with Crippen LogP contribution in [0.5, 0.6) is 0 Å². The van der Waals surface area contributed by atoms with Gasteiger partial charge in [0, 0.05) is 25.7 Å². The molecule has 0 fully saturated rings. The first kappa shape index (κ1) is 94.2. The maximum Gasteiger partial charge on any atom is 0.472 e. The molecule has 17 nitrogen and oxygen atoms in total. The summed E-state index contributed by atoms with van der Waals surface area (Å²) in [7, 11) is -9.95. The molecule has 0 heterocycles. The summed E-state index contributed by atoms with van der Waals surface area (Å²) in [4.78, 5) is 72.9. The molecule has 0 aromatic carbocycles. The lowest BCUT2D eigenvalue weighted by Gasteiger charge is -2.21. The van der Waals surface area contributed by atoms with E-state index in [9.17, 15) is 43.2 Å². The number of rotatable bonds is 73. The number of allylic oxidation sites excluding steroid dienone is 14. The van der Waals surface area contributed by atoms with Crippen LogP contribution in [-0.2, 0) is 65.4 Å². The zero-order chi connectivity index (χ0) is 71.8. The molecule has 0 saturated carbocycles. The van der Waals surface area contributed by atoms with Crippen LogP contribution >= 0.6 is 15.6 Å². The second-order valence-corrected chi connectivity index (χ2v) is 28.8. The molecule has 0 radical (unpaired) electrons. The van der Waals surface area contributed by atoms with E-state index in [-0.39, 0.29) is 25.7 Å². The minimum absolute atomic E-state index is 0.0831. The number of aliphatic hydroxyl groups is 1. The molecule has 0 aliphatic rings. The Kier molecular flexibility index (Phi) is 68.9. The average Bonchev–Trinajstić information content (AvgIpc) is 0.986. The van der Waals surface area contributed by atoms with Crippen LogP contribution in [0, 0.1) is 0 Å². The van der Waals surface area contributed by atoms with E-state index >= 15 is 0 Å². The molecule has 0 aromatic rings. The molecule has 0 aliphatic carbocycles. The Balaban J connectivity index is 5.32. The van der Waals surface area contributed by atoms with Crippen LogP contribution in [0.4, 0.5) is 0 Å². The summed E-state index contributed by atoms with van der Waals surface area (Å²) in [6, 6.07) is 0. The van der Waals surface area contributed by atoms with Gasteiger partial charge >= 0.3 is 39.5 Å². The van der Waals surface area contributed by atoms with Crippen molar-refractivity contribution in [2.45, 2.75) is 354 Å². The van der Waals surface area contributed by atoms with E-state index in [0.29, 0.717) is 25.7 Å². The molecular formula is C79H140O17P2. The molecule has 3 N–H and O–H groups in total. The summed E-state index contributed by atoms with van der Waals surface area (Å²) in [6.45, 7) is 4.64. The fourth-order valence-corrected chi connectivity index (χ4v) is 12.1. The molecule has 19 heteroatoms. The van der Waals surface area contributed by atoms with Gasteiger partial charge in [-0.15, -0.1) is 0 Å². The molecule has 0 aromatic heterocycles. The number of hydrogen-bond donors (Lipinski definition) is 3. The first-order valence-electron chi connectivity index (χ1n) is 38.8. The Morgan fingerprint density at radius 2 is 0.531 bits per heavy atom. The third-order valence-corrected chi connectivity index (χ3v) is 18.3. The van der Waals surface area contributed by atoms with Crippen LogP contribution in [0.3, 0.4) is 0 Å². The third kappa shape index (κ3) is 70.7. The first-order valence-corrected chi connectivity index (χ1v) is 41.8. The summed E-state index contributed by atoms with van der Waals surface area (Å²) in [6.07, 6.45) is 72.8. The standard InChI is InChI=1S/C79H140O17P2/c1-5-9-13-17-21-25-29-32-35-36-39-41-45-48-52-56-60-64-77(82)89-69-74(95-78(83)65-61-57-53-49-43-28-24-20-16-12-8-4)71-93-97(85,86)91-67-73(80)68-92-98(87,88)94-72-75(96-79(84)66-62-58-54-50-46-42-38-34-31-27-23-19-15-11-7-3)70-90-76(81)63-59-55-51-47-44-40-37-33-30-26-22-18-14-10-6-2/h9-10,13-14,21-22,25-26,32-35,37-38,73-75,80H,5-8,11-12,15-20,23-24,27-31,36,39-72H2,1-4H3,(H,85,86)(H,87,88)/b13-9-,14-10-,25-21-,26-22-,35-32-,37-33-,38-34-. The van der Waals surface area contributed by atoms with Crippen LogP contribution in [0.25, 0.3) is 0 Å². The van der Waals surface area contributed by atoms with Crippen molar-refractivity contribution < 1.29 is 80.2 Å². The van der Waals surface area contributed by atoms with Crippen molar-refractivity contribution in [3.63, 3.8) is 0 Å². The second kappa shape index (κ2) is 71.6. The highest BCUT2D eigenvalue weighted by Crippen LogP contribution is 2.45. The third-order valence-electron chi connectivity index (χ3n) is 16.4. The Labute approximate surface area is 595 Å². The number of ether oxygens (including phenoxy) is 4. The highest BCUT2D eigenvalue weighted by atomic mass is 31.2. The number of aliphatic hydroxyl groups excluding tert-OH is 1. The Hall–Kier alpha value is -3.76. The van der Waals surface area contributed by atoms with E-state index in [0.717, 1.165) is 180 Å². The van der Waals surface area contributed by atoms with Crippen LogP contribution in [0.1, 0.15) is 336 Å². The Morgan fingerprint density at radius 1 is 0.296 bits per heavy atom. The minimum atomic E-state index is -4.98. The maximum absolute atomic E-state index is 13.1. The van der Waals surface area contributed by atoms with Crippen molar-refractivity contribution >= 4 is 39.5 Å². The molecule has 0 amide bonds. The predicted octanol–water partition coefficient (Wildman–Crippen LogP) is 22.2. The zero-order valence-corrected chi connectivity index (χ0v) is 63.7. The fraction of sp³-hybridized carbons (Fsp3) is 0.772. The van der Waals surface area contributed by atoms with E-state index in [1.807, 2.05) is 0 Å².